The Balaban J connectivity index is 1.15. The predicted octanol–water partition coefficient (Wildman–Crippen LogP) is 4.58. The van der Waals surface area contributed by atoms with Gasteiger partial charge in [0.15, 0.2) is 0 Å². The molecule has 2 unspecified atom stereocenters. The lowest BCUT2D eigenvalue weighted by molar-refractivity contribution is 0.00120. The second-order valence-corrected chi connectivity index (χ2v) is 9.70. The molecule has 0 amide bonds. The van der Waals surface area contributed by atoms with E-state index in [-0.39, 0.29) is 17.7 Å². The molecule has 5 heterocycles. The molecule has 1 fully saturated rings. The van der Waals surface area contributed by atoms with Gasteiger partial charge in [0, 0.05) is 29.1 Å². The number of ether oxygens (including phenoxy) is 1. The van der Waals surface area contributed by atoms with Gasteiger partial charge in [-0.25, -0.2) is 15.0 Å². The Hall–Kier alpha value is -3.19. The number of nitrogen functional groups attached to an aromatic ring is 1. The average Bonchev–Trinajstić information content (AvgIpc) is 3.49. The summed E-state index contributed by atoms with van der Waals surface area (Å²) in [4.78, 5) is 13.4. The summed E-state index contributed by atoms with van der Waals surface area (Å²) < 4.78 is 8.47. The number of rotatable bonds is 4. The normalized spacial score (nSPS) is 21.8. The number of nitrogens with zero attached hydrogens (tertiary/aromatic N) is 4. The molecule has 32 heavy (non-hydrogen) atoms. The zero-order valence-corrected chi connectivity index (χ0v) is 18.5. The van der Waals surface area contributed by atoms with E-state index in [4.69, 9.17) is 15.5 Å². The molecule has 0 spiro atoms. The number of nitrogens with one attached hydrogen (secondary N) is 1. The van der Waals surface area contributed by atoms with Crippen LogP contribution in [-0.4, -0.2) is 32.2 Å². The number of nitrogens with two attached hydrogens (primary N) is 1. The molecular weight excluding hydrogens is 400 g/mol. The number of pyridine rings is 1. The minimum Gasteiger partial charge on any atom is -0.383 e. The van der Waals surface area contributed by atoms with E-state index in [2.05, 4.69) is 58.0 Å². The Morgan fingerprint density at radius 2 is 2.09 bits per heavy atom. The van der Waals surface area contributed by atoms with E-state index in [1.807, 2.05) is 12.3 Å². The standard InChI is InChI=1S/C25H28N6O/c1-25(2)13-27-23-19(25)12-16-5-3-15(11-20(16)30-23)4-6-17-7-8-21(32-17)31-10-9-18-22(26)28-14-29-24(18)31/h3,5,9-12,14,17,21H,4,6-8,13H2,1-2H3,(H,27,30)(H2,26,28,29). The molecule has 2 atom stereocenters. The van der Waals surface area contributed by atoms with Crippen LogP contribution in [0, 0.1) is 0 Å². The maximum atomic E-state index is 6.38. The third-order valence-corrected chi connectivity index (χ3v) is 7.00. The molecule has 7 heteroatoms. The van der Waals surface area contributed by atoms with Gasteiger partial charge in [-0.2, -0.15) is 0 Å². The van der Waals surface area contributed by atoms with Gasteiger partial charge in [0.1, 0.15) is 29.8 Å². The third-order valence-electron chi connectivity index (χ3n) is 7.00. The van der Waals surface area contributed by atoms with Crippen molar-refractivity contribution in [2.75, 3.05) is 17.6 Å². The second-order valence-electron chi connectivity index (χ2n) is 9.70. The number of anilines is 2. The van der Waals surface area contributed by atoms with Gasteiger partial charge in [-0.05, 0) is 49.4 Å². The first-order chi connectivity index (χ1) is 15.5. The highest BCUT2D eigenvalue weighted by molar-refractivity contribution is 5.86. The molecule has 3 aromatic heterocycles. The highest BCUT2D eigenvalue weighted by Crippen LogP contribution is 2.37. The maximum absolute atomic E-state index is 6.38. The maximum Gasteiger partial charge on any atom is 0.147 e. The number of fused-ring (bicyclic) bond motifs is 3. The summed E-state index contributed by atoms with van der Waals surface area (Å²) in [5.41, 5.74) is 10.6. The van der Waals surface area contributed by atoms with Crippen LogP contribution < -0.4 is 11.1 Å². The summed E-state index contributed by atoms with van der Waals surface area (Å²) in [7, 11) is 0. The van der Waals surface area contributed by atoms with Crippen molar-refractivity contribution in [2.45, 2.75) is 57.3 Å². The minimum atomic E-state index is 0.00193. The van der Waals surface area contributed by atoms with Crippen molar-refractivity contribution in [1.29, 1.82) is 0 Å². The lowest BCUT2D eigenvalue weighted by Crippen LogP contribution is -2.18. The quantitative estimate of drug-likeness (QED) is 0.495. The first-order valence-corrected chi connectivity index (χ1v) is 11.4. The third kappa shape index (κ3) is 3.19. The van der Waals surface area contributed by atoms with E-state index in [0.717, 1.165) is 54.6 Å². The number of benzene rings is 1. The molecule has 6 rings (SSSR count). The predicted molar refractivity (Wildman–Crippen MR) is 127 cm³/mol. The number of aromatic nitrogens is 4. The number of aryl methyl sites for hydroxylation is 1. The molecule has 4 aromatic rings. The van der Waals surface area contributed by atoms with Crippen molar-refractivity contribution in [2.24, 2.45) is 0 Å². The Labute approximate surface area is 187 Å². The van der Waals surface area contributed by atoms with Gasteiger partial charge in [-0.3, -0.25) is 0 Å². The fourth-order valence-electron chi connectivity index (χ4n) is 5.07. The smallest absolute Gasteiger partial charge is 0.147 e. The molecular formula is C25H28N6O. The SMILES string of the molecule is CC1(C)CNc2nc3cc(CCC4CCC(n5ccc6c(N)ncnc65)O4)ccc3cc21. The van der Waals surface area contributed by atoms with Crippen LogP contribution in [0.4, 0.5) is 11.6 Å². The molecule has 0 bridgehead atoms. The molecule has 1 saturated heterocycles. The Bertz CT molecular complexity index is 1330. The van der Waals surface area contributed by atoms with Crippen molar-refractivity contribution in [3.05, 3.63) is 54.0 Å². The monoisotopic (exact) mass is 428 g/mol. The first-order valence-electron chi connectivity index (χ1n) is 11.4. The second kappa shape index (κ2) is 7.17. The van der Waals surface area contributed by atoms with Gasteiger partial charge >= 0.3 is 0 Å². The lowest BCUT2D eigenvalue weighted by atomic mass is 9.87. The van der Waals surface area contributed by atoms with Gasteiger partial charge in [-0.15, -0.1) is 0 Å². The molecule has 7 nitrogen and oxygen atoms in total. The van der Waals surface area contributed by atoms with Gasteiger partial charge in [-0.1, -0.05) is 26.0 Å². The minimum absolute atomic E-state index is 0.00193. The Morgan fingerprint density at radius 1 is 1.19 bits per heavy atom. The summed E-state index contributed by atoms with van der Waals surface area (Å²) in [6, 6.07) is 10.9. The molecule has 2 aliphatic rings. The summed E-state index contributed by atoms with van der Waals surface area (Å²) in [6.07, 6.45) is 7.76. The van der Waals surface area contributed by atoms with E-state index < -0.39 is 0 Å². The van der Waals surface area contributed by atoms with Crippen molar-refractivity contribution < 1.29 is 4.74 Å². The van der Waals surface area contributed by atoms with Gasteiger partial charge < -0.3 is 20.4 Å². The van der Waals surface area contributed by atoms with Crippen LogP contribution in [-0.2, 0) is 16.6 Å². The van der Waals surface area contributed by atoms with Gasteiger partial charge in [0.05, 0.1) is 17.0 Å². The van der Waals surface area contributed by atoms with E-state index in [9.17, 15) is 0 Å². The first kappa shape index (κ1) is 19.5. The van der Waals surface area contributed by atoms with Crippen LogP contribution in [0.3, 0.4) is 0 Å². The summed E-state index contributed by atoms with van der Waals surface area (Å²) in [6.45, 7) is 5.47. The van der Waals surface area contributed by atoms with Gasteiger partial charge in [0.25, 0.3) is 0 Å². The van der Waals surface area contributed by atoms with Crippen molar-refractivity contribution >= 4 is 33.6 Å². The van der Waals surface area contributed by atoms with Gasteiger partial charge in [0.2, 0.25) is 0 Å². The van der Waals surface area contributed by atoms with Crippen LogP contribution in [0.1, 0.15) is 50.5 Å². The van der Waals surface area contributed by atoms with Crippen molar-refractivity contribution in [3.63, 3.8) is 0 Å². The Morgan fingerprint density at radius 3 is 3.00 bits per heavy atom. The summed E-state index contributed by atoms with van der Waals surface area (Å²) in [5.74, 6) is 1.54. The molecule has 2 aliphatic heterocycles. The average molecular weight is 429 g/mol. The number of hydrogen-bond donors (Lipinski definition) is 2. The molecule has 0 saturated carbocycles. The van der Waals surface area contributed by atoms with Crippen LogP contribution in [0.15, 0.2) is 42.9 Å². The fraction of sp³-hybridized carbons (Fsp3) is 0.400. The van der Waals surface area contributed by atoms with Crippen LogP contribution in [0.25, 0.3) is 21.9 Å². The summed E-state index contributed by atoms with van der Waals surface area (Å²) in [5, 5.41) is 5.56. The molecule has 1 aromatic carbocycles. The molecule has 164 valence electrons. The number of hydrogen-bond acceptors (Lipinski definition) is 6. The fourth-order valence-corrected chi connectivity index (χ4v) is 5.07. The highest BCUT2D eigenvalue weighted by atomic mass is 16.5. The highest BCUT2D eigenvalue weighted by Gasteiger charge is 2.31. The van der Waals surface area contributed by atoms with Crippen LogP contribution >= 0.6 is 0 Å². The molecule has 3 N–H and O–H groups in total. The topological polar surface area (TPSA) is 90.9 Å². The lowest BCUT2D eigenvalue weighted by Gasteiger charge is -2.17. The molecule has 0 radical (unpaired) electrons. The van der Waals surface area contributed by atoms with Crippen LogP contribution in [0.2, 0.25) is 0 Å². The largest absolute Gasteiger partial charge is 0.383 e. The van der Waals surface area contributed by atoms with Crippen LogP contribution in [0.5, 0.6) is 0 Å². The Kier molecular flexibility index (Phi) is 4.37. The zero-order chi connectivity index (χ0) is 21.9. The van der Waals surface area contributed by atoms with E-state index >= 15 is 0 Å². The van der Waals surface area contributed by atoms with E-state index in [1.165, 1.54) is 22.8 Å². The molecule has 0 aliphatic carbocycles. The zero-order valence-electron chi connectivity index (χ0n) is 18.5. The van der Waals surface area contributed by atoms with E-state index in [1.54, 1.807) is 0 Å². The van der Waals surface area contributed by atoms with Crippen molar-refractivity contribution in [1.82, 2.24) is 19.5 Å². The van der Waals surface area contributed by atoms with Crippen molar-refractivity contribution in [3.8, 4) is 0 Å². The summed E-state index contributed by atoms with van der Waals surface area (Å²) >= 11 is 0. The van der Waals surface area contributed by atoms with E-state index in [0.29, 0.717) is 5.82 Å².